The van der Waals surface area contributed by atoms with E-state index in [2.05, 4.69) is 29.5 Å². The van der Waals surface area contributed by atoms with E-state index in [0.717, 1.165) is 29.2 Å². The van der Waals surface area contributed by atoms with E-state index in [-0.39, 0.29) is 6.10 Å². The van der Waals surface area contributed by atoms with Crippen molar-refractivity contribution < 1.29 is 4.74 Å². The van der Waals surface area contributed by atoms with Crippen LogP contribution in [0.5, 0.6) is 5.75 Å². The second-order valence-electron chi connectivity index (χ2n) is 4.70. The minimum Gasteiger partial charge on any atom is -0.491 e. The van der Waals surface area contributed by atoms with Crippen LogP contribution in [0.4, 0.5) is 17.1 Å². The number of aromatic nitrogens is 1. The molecule has 106 valence electrons. The average molecular weight is 271 g/mol. The minimum atomic E-state index is 0.222. The normalized spacial score (nSPS) is 11.8. The second kappa shape index (κ2) is 6.80. The standard InChI is InChI=1S/C16H21N3O/c1-4-12(2)20-16-7-5-6-13(9-16)19-15-8-14(17-3)10-18-11-15/h5-12,17,19H,4H2,1-3H3. The molecule has 1 aromatic carbocycles. The van der Waals surface area contributed by atoms with Crippen molar-refractivity contribution in [3.8, 4) is 5.75 Å². The molecular weight excluding hydrogens is 250 g/mol. The fraction of sp³-hybridized carbons (Fsp3) is 0.312. The lowest BCUT2D eigenvalue weighted by Gasteiger charge is -2.14. The van der Waals surface area contributed by atoms with Crippen molar-refractivity contribution in [1.82, 2.24) is 4.98 Å². The fourth-order valence-corrected chi connectivity index (χ4v) is 1.77. The first kappa shape index (κ1) is 14.2. The van der Waals surface area contributed by atoms with Crippen LogP contribution >= 0.6 is 0 Å². The van der Waals surface area contributed by atoms with E-state index in [1.54, 1.807) is 12.4 Å². The van der Waals surface area contributed by atoms with Crippen LogP contribution in [-0.2, 0) is 0 Å². The van der Waals surface area contributed by atoms with Crippen LogP contribution in [0.2, 0.25) is 0 Å². The van der Waals surface area contributed by atoms with Crippen LogP contribution in [0, 0.1) is 0 Å². The Balaban J connectivity index is 2.10. The number of hydrogen-bond acceptors (Lipinski definition) is 4. The summed E-state index contributed by atoms with van der Waals surface area (Å²) in [7, 11) is 1.88. The highest BCUT2D eigenvalue weighted by molar-refractivity contribution is 5.63. The van der Waals surface area contributed by atoms with Gasteiger partial charge in [-0.2, -0.15) is 0 Å². The molecule has 0 aliphatic heterocycles. The highest BCUT2D eigenvalue weighted by Gasteiger charge is 2.03. The first-order chi connectivity index (χ1) is 9.71. The van der Waals surface area contributed by atoms with E-state index in [4.69, 9.17) is 4.74 Å². The van der Waals surface area contributed by atoms with E-state index >= 15 is 0 Å². The van der Waals surface area contributed by atoms with Crippen LogP contribution in [-0.4, -0.2) is 18.1 Å². The third kappa shape index (κ3) is 3.88. The molecule has 4 heteroatoms. The molecule has 1 unspecified atom stereocenters. The lowest BCUT2D eigenvalue weighted by Crippen LogP contribution is -2.09. The Morgan fingerprint density at radius 2 is 1.95 bits per heavy atom. The summed E-state index contributed by atoms with van der Waals surface area (Å²) < 4.78 is 5.82. The van der Waals surface area contributed by atoms with Crippen molar-refractivity contribution in [2.75, 3.05) is 17.7 Å². The molecule has 0 fully saturated rings. The summed E-state index contributed by atoms with van der Waals surface area (Å²) in [6.07, 6.45) is 4.79. The number of hydrogen-bond donors (Lipinski definition) is 2. The zero-order valence-electron chi connectivity index (χ0n) is 12.2. The number of benzene rings is 1. The van der Waals surface area contributed by atoms with Crippen LogP contribution in [0.3, 0.4) is 0 Å². The van der Waals surface area contributed by atoms with E-state index < -0.39 is 0 Å². The Labute approximate surface area is 120 Å². The lowest BCUT2D eigenvalue weighted by atomic mass is 10.2. The molecule has 0 amide bonds. The van der Waals surface area contributed by atoms with E-state index in [9.17, 15) is 0 Å². The number of ether oxygens (including phenoxy) is 1. The maximum atomic E-state index is 5.82. The Hall–Kier alpha value is -2.23. The third-order valence-electron chi connectivity index (χ3n) is 3.06. The van der Waals surface area contributed by atoms with E-state index in [1.165, 1.54) is 0 Å². The van der Waals surface area contributed by atoms with Gasteiger partial charge in [-0.1, -0.05) is 13.0 Å². The summed E-state index contributed by atoms with van der Waals surface area (Å²) in [6.45, 7) is 4.18. The third-order valence-corrected chi connectivity index (χ3v) is 3.06. The van der Waals surface area contributed by atoms with Gasteiger partial charge in [-0.15, -0.1) is 0 Å². The van der Waals surface area contributed by atoms with Crippen LogP contribution in [0.25, 0.3) is 0 Å². The summed E-state index contributed by atoms with van der Waals surface area (Å²) in [5.74, 6) is 0.877. The molecule has 0 saturated heterocycles. The SMILES string of the molecule is CCC(C)Oc1cccc(Nc2cncc(NC)c2)c1. The highest BCUT2D eigenvalue weighted by Crippen LogP contribution is 2.23. The maximum absolute atomic E-state index is 5.82. The van der Waals surface area contributed by atoms with Crippen molar-refractivity contribution in [1.29, 1.82) is 0 Å². The second-order valence-corrected chi connectivity index (χ2v) is 4.70. The van der Waals surface area contributed by atoms with Crippen LogP contribution < -0.4 is 15.4 Å². The molecule has 2 aromatic rings. The van der Waals surface area contributed by atoms with Crippen molar-refractivity contribution in [3.05, 3.63) is 42.7 Å². The van der Waals surface area contributed by atoms with Gasteiger partial charge in [-0.25, -0.2) is 0 Å². The minimum absolute atomic E-state index is 0.222. The summed E-state index contributed by atoms with van der Waals surface area (Å²) in [4.78, 5) is 4.18. The van der Waals surface area contributed by atoms with Crippen molar-refractivity contribution >= 4 is 17.1 Å². The molecule has 1 heterocycles. The van der Waals surface area contributed by atoms with Gasteiger partial charge in [0.15, 0.2) is 0 Å². The molecule has 2 rings (SSSR count). The number of rotatable bonds is 6. The predicted octanol–water partition coefficient (Wildman–Crippen LogP) is 4.04. The lowest BCUT2D eigenvalue weighted by molar-refractivity contribution is 0.217. The van der Waals surface area contributed by atoms with Gasteiger partial charge in [0.1, 0.15) is 5.75 Å². The molecule has 0 saturated carbocycles. The molecular formula is C16H21N3O. The van der Waals surface area contributed by atoms with Gasteiger partial charge < -0.3 is 15.4 Å². The van der Waals surface area contributed by atoms with Gasteiger partial charge in [0.2, 0.25) is 0 Å². The maximum Gasteiger partial charge on any atom is 0.121 e. The first-order valence-electron chi connectivity index (χ1n) is 6.87. The molecule has 1 atom stereocenters. The van der Waals surface area contributed by atoms with Crippen molar-refractivity contribution in [2.24, 2.45) is 0 Å². The molecule has 20 heavy (non-hydrogen) atoms. The quantitative estimate of drug-likeness (QED) is 0.832. The molecule has 4 nitrogen and oxygen atoms in total. The highest BCUT2D eigenvalue weighted by atomic mass is 16.5. The van der Waals surface area contributed by atoms with Crippen molar-refractivity contribution in [2.45, 2.75) is 26.4 Å². The fourth-order valence-electron chi connectivity index (χ4n) is 1.77. The first-order valence-corrected chi connectivity index (χ1v) is 6.87. The number of anilines is 3. The van der Waals surface area contributed by atoms with Crippen LogP contribution in [0.1, 0.15) is 20.3 Å². The van der Waals surface area contributed by atoms with Gasteiger partial charge in [-0.3, -0.25) is 4.98 Å². The van der Waals surface area contributed by atoms with Gasteiger partial charge >= 0.3 is 0 Å². The molecule has 1 aromatic heterocycles. The smallest absolute Gasteiger partial charge is 0.121 e. The molecule has 0 spiro atoms. The van der Waals surface area contributed by atoms with Gasteiger partial charge in [0.25, 0.3) is 0 Å². The van der Waals surface area contributed by atoms with Gasteiger partial charge in [-0.05, 0) is 31.5 Å². The summed E-state index contributed by atoms with van der Waals surface area (Å²) in [6, 6.07) is 9.97. The zero-order chi connectivity index (χ0) is 14.4. The van der Waals surface area contributed by atoms with Crippen LogP contribution in [0.15, 0.2) is 42.7 Å². The van der Waals surface area contributed by atoms with E-state index in [0.29, 0.717) is 0 Å². The molecule has 0 aliphatic rings. The summed E-state index contributed by atoms with van der Waals surface area (Å²) in [5, 5.41) is 6.40. The monoisotopic (exact) mass is 271 g/mol. The predicted molar refractivity (Wildman–Crippen MR) is 83.9 cm³/mol. The van der Waals surface area contributed by atoms with Crippen molar-refractivity contribution in [3.63, 3.8) is 0 Å². The van der Waals surface area contributed by atoms with Gasteiger partial charge in [0, 0.05) is 18.8 Å². The Morgan fingerprint density at radius 3 is 2.70 bits per heavy atom. The topological polar surface area (TPSA) is 46.2 Å². The Morgan fingerprint density at radius 1 is 1.15 bits per heavy atom. The Bertz CT molecular complexity index is 557. The molecule has 2 N–H and O–H groups in total. The molecule has 0 aliphatic carbocycles. The average Bonchev–Trinajstić information content (AvgIpc) is 2.47. The largest absolute Gasteiger partial charge is 0.491 e. The Kier molecular flexibility index (Phi) is 4.82. The molecule has 0 radical (unpaired) electrons. The number of nitrogens with zero attached hydrogens (tertiary/aromatic N) is 1. The summed E-state index contributed by atoms with van der Waals surface area (Å²) in [5.41, 5.74) is 2.90. The number of pyridine rings is 1. The van der Waals surface area contributed by atoms with Gasteiger partial charge in [0.05, 0.1) is 29.9 Å². The summed E-state index contributed by atoms with van der Waals surface area (Å²) >= 11 is 0. The number of nitrogens with one attached hydrogen (secondary N) is 2. The van der Waals surface area contributed by atoms with E-state index in [1.807, 2.05) is 37.4 Å². The zero-order valence-corrected chi connectivity index (χ0v) is 12.2. The molecule has 0 bridgehead atoms.